The highest BCUT2D eigenvalue weighted by Gasteiger charge is 2.31. The maximum atomic E-state index is 13.7. The van der Waals surface area contributed by atoms with Crippen molar-refractivity contribution in [2.75, 3.05) is 10.7 Å². The van der Waals surface area contributed by atoms with E-state index >= 15 is 0 Å². The van der Waals surface area contributed by atoms with Gasteiger partial charge in [0.2, 0.25) is 5.91 Å². The first kappa shape index (κ1) is 24.2. The number of benzene rings is 3. The van der Waals surface area contributed by atoms with Gasteiger partial charge >= 0.3 is 0 Å². The topological polar surface area (TPSA) is 73.0 Å². The number of anilines is 1. The quantitative estimate of drug-likeness (QED) is 0.277. The van der Waals surface area contributed by atoms with Gasteiger partial charge in [0.15, 0.2) is 10.8 Å². The SMILES string of the molecule is Cc1ccc(-n2ncc3c(=O)n4c(nc32)SCC4CC(=O)N(Cc2ccccc2)c2ccccc2)cc1C. The molecule has 1 amide bonds. The summed E-state index contributed by atoms with van der Waals surface area (Å²) in [5, 5.41) is 5.57. The van der Waals surface area contributed by atoms with Crippen molar-refractivity contribution in [3.05, 3.63) is 112 Å². The van der Waals surface area contributed by atoms with Crippen molar-refractivity contribution >= 4 is 34.4 Å². The summed E-state index contributed by atoms with van der Waals surface area (Å²) in [5.41, 5.74) is 5.48. The molecule has 38 heavy (non-hydrogen) atoms. The average molecular weight is 522 g/mol. The summed E-state index contributed by atoms with van der Waals surface area (Å²) in [5.74, 6) is 0.586. The highest BCUT2D eigenvalue weighted by Crippen LogP contribution is 2.34. The van der Waals surface area contributed by atoms with Gasteiger partial charge in [0, 0.05) is 17.9 Å². The molecule has 2 aromatic heterocycles. The zero-order valence-electron chi connectivity index (χ0n) is 21.2. The molecule has 1 unspecified atom stereocenters. The summed E-state index contributed by atoms with van der Waals surface area (Å²) in [6.07, 6.45) is 1.79. The Labute approximate surface area is 224 Å². The molecule has 3 aromatic carbocycles. The van der Waals surface area contributed by atoms with Crippen molar-refractivity contribution in [3.8, 4) is 5.69 Å². The third kappa shape index (κ3) is 4.41. The molecule has 0 saturated heterocycles. The third-order valence-electron chi connectivity index (χ3n) is 7.07. The number of thioether (sulfide) groups is 1. The molecule has 0 saturated carbocycles. The maximum absolute atomic E-state index is 13.7. The first-order valence-electron chi connectivity index (χ1n) is 12.6. The summed E-state index contributed by atoms with van der Waals surface area (Å²) >= 11 is 1.51. The van der Waals surface area contributed by atoms with Crippen LogP contribution in [-0.2, 0) is 11.3 Å². The van der Waals surface area contributed by atoms with Gasteiger partial charge in [0.25, 0.3) is 5.56 Å². The van der Waals surface area contributed by atoms with Crippen molar-refractivity contribution < 1.29 is 4.79 Å². The van der Waals surface area contributed by atoms with Crippen LogP contribution in [0.4, 0.5) is 5.69 Å². The normalized spacial score (nSPS) is 14.5. The molecule has 6 rings (SSSR count). The Balaban J connectivity index is 1.32. The van der Waals surface area contributed by atoms with Crippen LogP contribution in [0.2, 0.25) is 0 Å². The van der Waals surface area contributed by atoms with Crippen LogP contribution in [0.5, 0.6) is 0 Å². The lowest BCUT2D eigenvalue weighted by Crippen LogP contribution is -2.34. The van der Waals surface area contributed by atoms with E-state index in [1.54, 1.807) is 20.3 Å². The molecule has 0 N–H and O–H groups in total. The van der Waals surface area contributed by atoms with Gasteiger partial charge in [-0.2, -0.15) is 5.10 Å². The Bertz CT molecular complexity index is 1700. The Morgan fingerprint density at radius 3 is 2.47 bits per heavy atom. The molecule has 1 aliphatic heterocycles. The molecule has 0 fully saturated rings. The predicted octanol–water partition coefficient (Wildman–Crippen LogP) is 5.47. The van der Waals surface area contributed by atoms with Crippen molar-refractivity contribution in [1.82, 2.24) is 19.3 Å². The van der Waals surface area contributed by atoms with Crippen molar-refractivity contribution in [3.63, 3.8) is 0 Å². The number of nitrogens with zero attached hydrogens (tertiary/aromatic N) is 5. The van der Waals surface area contributed by atoms with Crippen LogP contribution >= 0.6 is 11.8 Å². The lowest BCUT2D eigenvalue weighted by Gasteiger charge is -2.25. The molecule has 3 heterocycles. The Kier molecular flexibility index (Phi) is 6.33. The van der Waals surface area contributed by atoms with E-state index in [-0.39, 0.29) is 23.9 Å². The summed E-state index contributed by atoms with van der Waals surface area (Å²) in [4.78, 5) is 34.0. The highest BCUT2D eigenvalue weighted by atomic mass is 32.2. The van der Waals surface area contributed by atoms with Gasteiger partial charge < -0.3 is 4.90 Å². The zero-order chi connectivity index (χ0) is 26.2. The van der Waals surface area contributed by atoms with E-state index in [1.807, 2.05) is 78.9 Å². The predicted molar refractivity (Wildman–Crippen MR) is 151 cm³/mol. The molecule has 8 heteroatoms. The smallest absolute Gasteiger partial charge is 0.265 e. The van der Waals surface area contributed by atoms with Crippen LogP contribution in [-0.4, -0.2) is 31.0 Å². The second-order valence-electron chi connectivity index (χ2n) is 9.60. The highest BCUT2D eigenvalue weighted by molar-refractivity contribution is 7.99. The fraction of sp³-hybridized carbons (Fsp3) is 0.200. The second-order valence-corrected chi connectivity index (χ2v) is 10.6. The summed E-state index contributed by atoms with van der Waals surface area (Å²) < 4.78 is 3.41. The van der Waals surface area contributed by atoms with Crippen LogP contribution in [0.3, 0.4) is 0 Å². The van der Waals surface area contributed by atoms with E-state index in [1.165, 1.54) is 17.3 Å². The molecule has 1 aliphatic rings. The van der Waals surface area contributed by atoms with E-state index in [0.29, 0.717) is 28.5 Å². The number of aromatic nitrogens is 4. The molecule has 190 valence electrons. The molecule has 0 aliphatic carbocycles. The Morgan fingerprint density at radius 1 is 1.00 bits per heavy atom. The van der Waals surface area contributed by atoms with Gasteiger partial charge in [0.1, 0.15) is 5.39 Å². The maximum Gasteiger partial charge on any atom is 0.265 e. The standard InChI is InChI=1S/C30H27N5O2S/c1-20-13-14-24(15-21(20)2)35-28-26(17-31-35)29(37)34-25(19-38-30(34)32-28)16-27(36)33(23-11-7-4-8-12-23)18-22-9-5-3-6-10-22/h3-15,17,25H,16,18-19H2,1-2H3. The number of rotatable bonds is 6. The number of para-hydroxylation sites is 1. The fourth-order valence-corrected chi connectivity index (χ4v) is 5.97. The Hall–Kier alpha value is -4.17. The van der Waals surface area contributed by atoms with E-state index < -0.39 is 0 Å². The van der Waals surface area contributed by atoms with Crippen LogP contribution in [0.25, 0.3) is 16.7 Å². The van der Waals surface area contributed by atoms with E-state index in [2.05, 4.69) is 18.9 Å². The van der Waals surface area contributed by atoms with Crippen molar-refractivity contribution in [2.24, 2.45) is 0 Å². The number of hydrogen-bond acceptors (Lipinski definition) is 5. The van der Waals surface area contributed by atoms with E-state index in [0.717, 1.165) is 22.5 Å². The first-order chi connectivity index (χ1) is 18.5. The summed E-state index contributed by atoms with van der Waals surface area (Å²) in [6.45, 7) is 4.58. The number of carbonyl (C=O) groups is 1. The molecule has 7 nitrogen and oxygen atoms in total. The fourth-order valence-electron chi connectivity index (χ4n) is 4.84. The van der Waals surface area contributed by atoms with Crippen LogP contribution in [0.15, 0.2) is 95.0 Å². The van der Waals surface area contributed by atoms with E-state index in [9.17, 15) is 9.59 Å². The number of hydrogen-bond donors (Lipinski definition) is 0. The van der Waals surface area contributed by atoms with Gasteiger partial charge in [0.05, 0.1) is 24.5 Å². The summed E-state index contributed by atoms with van der Waals surface area (Å²) in [6, 6.07) is 25.4. The van der Waals surface area contributed by atoms with Gasteiger partial charge in [-0.15, -0.1) is 0 Å². The number of fused-ring (bicyclic) bond motifs is 2. The minimum absolute atomic E-state index is 0.0312. The van der Waals surface area contributed by atoms with Gasteiger partial charge in [-0.3, -0.25) is 14.2 Å². The van der Waals surface area contributed by atoms with Gasteiger partial charge in [-0.25, -0.2) is 9.67 Å². The third-order valence-corrected chi connectivity index (χ3v) is 8.17. The average Bonchev–Trinajstić information content (AvgIpc) is 3.55. The second kappa shape index (κ2) is 9.95. The molecule has 0 spiro atoms. The monoisotopic (exact) mass is 521 g/mol. The van der Waals surface area contributed by atoms with Crippen molar-refractivity contribution in [1.29, 1.82) is 0 Å². The molecule has 0 radical (unpaired) electrons. The number of amides is 1. The minimum atomic E-state index is -0.279. The zero-order valence-corrected chi connectivity index (χ0v) is 22.1. The molecular formula is C30H27N5O2S. The summed E-state index contributed by atoms with van der Waals surface area (Å²) in [7, 11) is 0. The number of carbonyl (C=O) groups excluding carboxylic acids is 1. The van der Waals surface area contributed by atoms with Crippen LogP contribution in [0, 0.1) is 13.8 Å². The van der Waals surface area contributed by atoms with Crippen LogP contribution in [0.1, 0.15) is 29.2 Å². The Morgan fingerprint density at radius 2 is 1.74 bits per heavy atom. The number of aryl methyl sites for hydroxylation is 2. The van der Waals surface area contributed by atoms with Gasteiger partial charge in [-0.1, -0.05) is 66.4 Å². The van der Waals surface area contributed by atoms with Crippen LogP contribution < -0.4 is 10.5 Å². The molecule has 1 atom stereocenters. The lowest BCUT2D eigenvalue weighted by molar-refractivity contribution is -0.119. The lowest BCUT2D eigenvalue weighted by atomic mass is 10.1. The van der Waals surface area contributed by atoms with Crippen molar-refractivity contribution in [2.45, 2.75) is 38.0 Å². The largest absolute Gasteiger partial charge is 0.308 e. The van der Waals surface area contributed by atoms with Gasteiger partial charge in [-0.05, 0) is 54.8 Å². The molecular weight excluding hydrogens is 494 g/mol. The van der Waals surface area contributed by atoms with E-state index in [4.69, 9.17) is 4.98 Å². The molecule has 5 aromatic rings. The molecule has 0 bridgehead atoms. The minimum Gasteiger partial charge on any atom is -0.308 e. The first-order valence-corrected chi connectivity index (χ1v) is 13.6.